The number of rotatable bonds is 2. The Balaban J connectivity index is 2.14. The van der Waals surface area contributed by atoms with Gasteiger partial charge in [0.05, 0.1) is 0 Å². The maximum atomic E-state index is 11.7. The molecule has 6 nitrogen and oxygen atoms in total. The minimum absolute atomic E-state index is 0.122. The van der Waals surface area contributed by atoms with E-state index in [2.05, 4.69) is 7.08 Å². The van der Waals surface area contributed by atoms with Crippen LogP contribution in [-0.4, -0.2) is 43.8 Å². The van der Waals surface area contributed by atoms with Crippen LogP contribution in [0.15, 0.2) is 0 Å². The summed E-state index contributed by atoms with van der Waals surface area (Å²) in [5.74, 6) is -0.365. The molecule has 0 radical (unpaired) electrons. The fraction of sp³-hybridized carbons (Fsp3) is 0.800. The van der Waals surface area contributed by atoms with Crippen LogP contribution in [0.25, 0.3) is 0 Å². The van der Waals surface area contributed by atoms with Crippen LogP contribution in [0, 0.1) is 11.8 Å². The molecule has 0 bridgehead atoms. The first-order valence-electron chi connectivity index (χ1n) is 5.86. The van der Waals surface area contributed by atoms with E-state index in [0.717, 1.165) is 0 Å². The Labute approximate surface area is 106 Å². The predicted octanol–water partition coefficient (Wildman–Crippen LogP) is -0.236. The van der Waals surface area contributed by atoms with Crippen LogP contribution >= 0.6 is 0 Å². The van der Waals surface area contributed by atoms with Gasteiger partial charge in [0.15, 0.2) is 0 Å². The molecule has 2 rings (SSSR count). The third kappa shape index (κ3) is 2.30. The fourth-order valence-corrected chi connectivity index (χ4v) is 10.3. The molecular formula is C10H18N2O4Sn. The van der Waals surface area contributed by atoms with Crippen LogP contribution < -0.4 is 7.08 Å². The van der Waals surface area contributed by atoms with E-state index >= 15 is 0 Å². The van der Waals surface area contributed by atoms with Crippen molar-refractivity contribution in [2.75, 3.05) is 0 Å². The molecule has 2 N–H and O–H groups in total. The summed E-state index contributed by atoms with van der Waals surface area (Å²) in [5.41, 5.74) is 0. The molecule has 2 saturated heterocycles. The summed E-state index contributed by atoms with van der Waals surface area (Å²) in [7, 11) is 0. The van der Waals surface area contributed by atoms with E-state index in [1.165, 1.54) is 0 Å². The van der Waals surface area contributed by atoms with Gasteiger partial charge < -0.3 is 0 Å². The molecule has 2 aliphatic heterocycles. The summed E-state index contributed by atoms with van der Waals surface area (Å²) in [6, 6.07) is -0.728. The topological polar surface area (TPSA) is 76.7 Å². The molecule has 0 unspecified atom stereocenters. The molecule has 0 amide bonds. The van der Waals surface area contributed by atoms with Gasteiger partial charge in [0.1, 0.15) is 0 Å². The van der Waals surface area contributed by atoms with Crippen molar-refractivity contribution in [3.05, 3.63) is 0 Å². The van der Waals surface area contributed by atoms with Crippen LogP contribution in [-0.2, 0) is 15.7 Å². The molecule has 0 aromatic carbocycles. The van der Waals surface area contributed by atoms with Gasteiger partial charge >= 0.3 is 106 Å². The number of carbonyl (C=O) groups is 2. The maximum absolute atomic E-state index is 11.7. The number of hydrogen-bond acceptors (Lipinski definition) is 6. The number of carbonyl (C=O) groups excluding carboxylic acids is 2. The Hall–Kier alpha value is -0.341. The third-order valence-electron chi connectivity index (χ3n) is 3.02. The van der Waals surface area contributed by atoms with Gasteiger partial charge in [-0.15, -0.1) is 0 Å². The van der Waals surface area contributed by atoms with Crippen LogP contribution in [0.3, 0.4) is 0 Å². The molecule has 96 valence electrons. The zero-order valence-corrected chi connectivity index (χ0v) is 13.3. The molecule has 2 heterocycles. The predicted molar refractivity (Wildman–Crippen MR) is 61.5 cm³/mol. The first-order valence-corrected chi connectivity index (χ1v) is 11.0. The van der Waals surface area contributed by atoms with Crippen LogP contribution in [0.1, 0.15) is 27.7 Å². The fourth-order valence-electron chi connectivity index (χ4n) is 2.00. The van der Waals surface area contributed by atoms with Crippen molar-refractivity contribution in [1.29, 1.82) is 0 Å². The van der Waals surface area contributed by atoms with E-state index in [1.54, 1.807) is 0 Å². The second-order valence-electron chi connectivity index (χ2n) is 5.19. The Morgan fingerprint density at radius 3 is 1.53 bits per heavy atom. The van der Waals surface area contributed by atoms with Gasteiger partial charge in [0.25, 0.3) is 0 Å². The summed E-state index contributed by atoms with van der Waals surface area (Å²) in [6.07, 6.45) is 0. The third-order valence-corrected chi connectivity index (χ3v) is 9.75. The minimum atomic E-state index is -3.86. The number of hydrogen-bond donors (Lipinski definition) is 2. The molecule has 0 aromatic heterocycles. The van der Waals surface area contributed by atoms with Gasteiger partial charge in [0.2, 0.25) is 0 Å². The Morgan fingerprint density at radius 1 is 0.941 bits per heavy atom. The van der Waals surface area contributed by atoms with Gasteiger partial charge in [-0.3, -0.25) is 0 Å². The van der Waals surface area contributed by atoms with E-state index in [-0.39, 0.29) is 35.9 Å². The molecule has 2 atom stereocenters. The standard InChI is InChI=1S/2C5H10NO2.Sn/c2*1-3(2)4(6)5(7)8;/h2*3-4,6H,1-2H3,(H,7,8);/q2*-1;+4/p-2/t2*4-;/m00./s1. The number of nitrogens with one attached hydrogen (secondary N) is 2. The normalized spacial score (nSPS) is 31.4. The molecular weight excluding hydrogens is 331 g/mol. The van der Waals surface area contributed by atoms with Gasteiger partial charge in [0, 0.05) is 0 Å². The Bertz CT molecular complexity index is 324. The van der Waals surface area contributed by atoms with Gasteiger partial charge in [-0.2, -0.15) is 0 Å². The van der Waals surface area contributed by atoms with Crippen LogP contribution in [0.4, 0.5) is 0 Å². The molecule has 0 aliphatic carbocycles. The first-order chi connectivity index (χ1) is 7.84. The van der Waals surface area contributed by atoms with Crippen molar-refractivity contribution in [2.45, 2.75) is 39.8 Å². The summed E-state index contributed by atoms with van der Waals surface area (Å²) < 4.78 is 16.9. The molecule has 0 saturated carbocycles. The van der Waals surface area contributed by atoms with Crippen molar-refractivity contribution in [1.82, 2.24) is 7.08 Å². The van der Waals surface area contributed by atoms with E-state index in [0.29, 0.717) is 0 Å². The molecule has 17 heavy (non-hydrogen) atoms. The van der Waals surface area contributed by atoms with Crippen LogP contribution in [0.5, 0.6) is 0 Å². The Kier molecular flexibility index (Phi) is 3.39. The van der Waals surface area contributed by atoms with Gasteiger partial charge in [-0.1, -0.05) is 0 Å². The SMILES string of the molecule is CC(C)[C@@H]1[NH][Sn]2([NH][C@@H](C(C)C)C(=O)[O]2)[O]C1=O. The van der Waals surface area contributed by atoms with E-state index < -0.39 is 19.8 Å². The van der Waals surface area contributed by atoms with E-state index in [1.807, 2.05) is 27.7 Å². The average Bonchev–Trinajstić information content (AvgIpc) is 2.68. The second kappa shape index (κ2) is 4.40. The monoisotopic (exact) mass is 350 g/mol. The molecule has 7 heteroatoms. The van der Waals surface area contributed by atoms with Crippen molar-refractivity contribution < 1.29 is 15.7 Å². The quantitative estimate of drug-likeness (QED) is 0.671. The summed E-state index contributed by atoms with van der Waals surface area (Å²) in [4.78, 5) is 23.4. The second-order valence-corrected chi connectivity index (χ2v) is 11.5. The zero-order valence-electron chi connectivity index (χ0n) is 10.4. The van der Waals surface area contributed by atoms with Crippen molar-refractivity contribution >= 4 is 31.7 Å². The summed E-state index contributed by atoms with van der Waals surface area (Å²) >= 11 is -3.86. The van der Waals surface area contributed by atoms with Gasteiger partial charge in [-0.05, 0) is 0 Å². The van der Waals surface area contributed by atoms with Crippen molar-refractivity contribution in [2.24, 2.45) is 11.8 Å². The molecule has 2 aliphatic rings. The van der Waals surface area contributed by atoms with E-state index in [4.69, 9.17) is 6.15 Å². The summed E-state index contributed by atoms with van der Waals surface area (Å²) in [6.45, 7) is 7.72. The van der Waals surface area contributed by atoms with Crippen LogP contribution in [0.2, 0.25) is 0 Å². The summed E-state index contributed by atoms with van der Waals surface area (Å²) in [5, 5.41) is 0. The van der Waals surface area contributed by atoms with Crippen molar-refractivity contribution in [3.8, 4) is 0 Å². The first kappa shape index (κ1) is 13.1. The molecule has 1 spiro atoms. The average molecular weight is 349 g/mol. The zero-order chi connectivity index (χ0) is 12.8. The van der Waals surface area contributed by atoms with Crippen molar-refractivity contribution in [3.63, 3.8) is 0 Å². The Morgan fingerprint density at radius 2 is 1.29 bits per heavy atom. The molecule has 2 fully saturated rings. The van der Waals surface area contributed by atoms with E-state index in [9.17, 15) is 9.59 Å². The van der Waals surface area contributed by atoms with Gasteiger partial charge in [-0.25, -0.2) is 0 Å². The molecule has 0 aromatic rings.